The van der Waals surface area contributed by atoms with E-state index in [1.54, 1.807) is 0 Å². The van der Waals surface area contributed by atoms with Gasteiger partial charge in [-0.15, -0.1) is 0 Å². The van der Waals surface area contributed by atoms with Gasteiger partial charge in [0.2, 0.25) is 0 Å². The number of hydrogen-bond donors (Lipinski definition) is 0. The zero-order valence-corrected chi connectivity index (χ0v) is 9.24. The highest BCUT2D eigenvalue weighted by atomic mass is 19.1. The van der Waals surface area contributed by atoms with Crippen molar-refractivity contribution in [1.29, 1.82) is 0 Å². The fourth-order valence-electron chi connectivity index (χ4n) is 1.89. The van der Waals surface area contributed by atoms with Crippen LogP contribution in [0.2, 0.25) is 0 Å². The van der Waals surface area contributed by atoms with E-state index < -0.39 is 5.82 Å². The number of pyridine rings is 1. The van der Waals surface area contributed by atoms with E-state index in [2.05, 4.69) is 11.9 Å². The number of carbonyl (C=O) groups is 1. The molecule has 0 fully saturated rings. The molecule has 0 bridgehead atoms. The van der Waals surface area contributed by atoms with Crippen LogP contribution >= 0.6 is 0 Å². The SMILES string of the molecule is CC1CC=C(C(=O)c2cncc(F)c2)CC1. The molecule has 0 aromatic carbocycles. The lowest BCUT2D eigenvalue weighted by molar-refractivity contribution is 0.102. The van der Waals surface area contributed by atoms with Gasteiger partial charge in [0, 0.05) is 11.8 Å². The number of halogens is 1. The van der Waals surface area contributed by atoms with E-state index in [1.165, 1.54) is 12.3 Å². The zero-order chi connectivity index (χ0) is 11.5. The molecule has 1 aromatic heterocycles. The van der Waals surface area contributed by atoms with Crippen LogP contribution < -0.4 is 0 Å². The fourth-order valence-corrected chi connectivity index (χ4v) is 1.89. The third-order valence-corrected chi connectivity index (χ3v) is 2.93. The number of rotatable bonds is 2. The minimum Gasteiger partial charge on any atom is -0.289 e. The quantitative estimate of drug-likeness (QED) is 0.715. The molecular formula is C13H14FNO. The van der Waals surface area contributed by atoms with Crippen molar-refractivity contribution in [3.63, 3.8) is 0 Å². The van der Waals surface area contributed by atoms with Crippen molar-refractivity contribution < 1.29 is 9.18 Å². The Morgan fingerprint density at radius 3 is 2.94 bits per heavy atom. The summed E-state index contributed by atoms with van der Waals surface area (Å²) in [5.74, 6) is 0.0942. The molecule has 1 unspecified atom stereocenters. The van der Waals surface area contributed by atoms with Crippen LogP contribution in [0.5, 0.6) is 0 Å². The van der Waals surface area contributed by atoms with Gasteiger partial charge in [0.05, 0.1) is 6.20 Å². The van der Waals surface area contributed by atoms with Crippen molar-refractivity contribution >= 4 is 5.78 Å². The second-order valence-electron chi connectivity index (χ2n) is 4.33. The molecule has 1 heterocycles. The molecule has 2 nitrogen and oxygen atoms in total. The standard InChI is InChI=1S/C13H14FNO/c1-9-2-4-10(5-3-9)13(16)11-6-12(14)8-15-7-11/h4,6-9H,2-3,5H2,1H3. The molecule has 1 atom stereocenters. The number of ketones is 1. The maximum Gasteiger partial charge on any atom is 0.190 e. The largest absolute Gasteiger partial charge is 0.289 e. The predicted molar refractivity (Wildman–Crippen MR) is 59.6 cm³/mol. The second-order valence-corrected chi connectivity index (χ2v) is 4.33. The molecule has 0 N–H and O–H groups in total. The van der Waals surface area contributed by atoms with E-state index >= 15 is 0 Å². The number of aromatic nitrogens is 1. The number of allylic oxidation sites excluding steroid dienone is 2. The van der Waals surface area contributed by atoms with E-state index in [4.69, 9.17) is 0 Å². The third-order valence-electron chi connectivity index (χ3n) is 2.93. The highest BCUT2D eigenvalue weighted by Crippen LogP contribution is 2.25. The first-order chi connectivity index (χ1) is 7.66. The average Bonchev–Trinajstić information content (AvgIpc) is 2.29. The van der Waals surface area contributed by atoms with E-state index in [-0.39, 0.29) is 5.78 Å². The predicted octanol–water partition coefficient (Wildman–Crippen LogP) is 3.15. The van der Waals surface area contributed by atoms with E-state index in [0.717, 1.165) is 31.0 Å². The summed E-state index contributed by atoms with van der Waals surface area (Å²) >= 11 is 0. The van der Waals surface area contributed by atoms with Crippen LogP contribution in [0.1, 0.15) is 36.5 Å². The summed E-state index contributed by atoms with van der Waals surface area (Å²) in [6.45, 7) is 2.17. The Hall–Kier alpha value is -1.51. The highest BCUT2D eigenvalue weighted by Gasteiger charge is 2.17. The second kappa shape index (κ2) is 4.56. The van der Waals surface area contributed by atoms with Crippen LogP contribution in [0, 0.1) is 11.7 Å². The molecule has 0 aliphatic heterocycles. The molecule has 0 spiro atoms. The van der Waals surface area contributed by atoms with Crippen molar-refractivity contribution in [1.82, 2.24) is 4.98 Å². The Bertz CT molecular complexity index is 439. The summed E-state index contributed by atoms with van der Waals surface area (Å²) in [6.07, 6.45) is 7.25. The van der Waals surface area contributed by atoms with Gasteiger partial charge in [0.25, 0.3) is 0 Å². The van der Waals surface area contributed by atoms with Crippen LogP contribution in [0.15, 0.2) is 30.1 Å². The maximum atomic E-state index is 12.9. The molecular weight excluding hydrogens is 205 g/mol. The van der Waals surface area contributed by atoms with Crippen molar-refractivity contribution in [3.8, 4) is 0 Å². The molecule has 0 saturated carbocycles. The Balaban J connectivity index is 2.20. The molecule has 3 heteroatoms. The lowest BCUT2D eigenvalue weighted by Gasteiger charge is -2.17. The van der Waals surface area contributed by atoms with Crippen molar-refractivity contribution in [2.24, 2.45) is 5.92 Å². The molecule has 0 amide bonds. The van der Waals surface area contributed by atoms with Gasteiger partial charge in [-0.25, -0.2) is 4.39 Å². The topological polar surface area (TPSA) is 30.0 Å². The monoisotopic (exact) mass is 219 g/mol. The van der Waals surface area contributed by atoms with Gasteiger partial charge < -0.3 is 0 Å². The van der Waals surface area contributed by atoms with Crippen molar-refractivity contribution in [3.05, 3.63) is 41.5 Å². The fraction of sp³-hybridized carbons (Fsp3) is 0.385. The van der Waals surface area contributed by atoms with Crippen LogP contribution in [0.25, 0.3) is 0 Å². The summed E-state index contributed by atoms with van der Waals surface area (Å²) in [4.78, 5) is 15.7. The van der Waals surface area contributed by atoms with E-state index in [0.29, 0.717) is 11.5 Å². The molecule has 0 radical (unpaired) electrons. The first-order valence-corrected chi connectivity index (χ1v) is 5.51. The summed E-state index contributed by atoms with van der Waals surface area (Å²) < 4.78 is 12.9. The summed E-state index contributed by atoms with van der Waals surface area (Å²) in [5, 5.41) is 0. The number of hydrogen-bond acceptors (Lipinski definition) is 2. The van der Waals surface area contributed by atoms with Gasteiger partial charge in [-0.1, -0.05) is 13.0 Å². The number of Topliss-reactive ketones (excluding diaryl/α,β-unsaturated/α-hetero) is 1. The Morgan fingerprint density at radius 1 is 1.50 bits per heavy atom. The summed E-state index contributed by atoms with van der Waals surface area (Å²) in [6, 6.07) is 1.24. The first kappa shape index (κ1) is 11.0. The summed E-state index contributed by atoms with van der Waals surface area (Å²) in [5.41, 5.74) is 1.14. The number of carbonyl (C=O) groups excluding carboxylic acids is 1. The van der Waals surface area contributed by atoms with Gasteiger partial charge in [-0.3, -0.25) is 9.78 Å². The molecule has 2 rings (SSSR count). The molecule has 1 aromatic rings. The van der Waals surface area contributed by atoms with Crippen LogP contribution in [0.3, 0.4) is 0 Å². The van der Waals surface area contributed by atoms with Gasteiger partial charge in [0.15, 0.2) is 5.78 Å². The van der Waals surface area contributed by atoms with Crippen LogP contribution in [-0.4, -0.2) is 10.8 Å². The van der Waals surface area contributed by atoms with Crippen molar-refractivity contribution in [2.75, 3.05) is 0 Å². The number of nitrogens with zero attached hydrogens (tertiary/aromatic N) is 1. The first-order valence-electron chi connectivity index (χ1n) is 5.51. The lowest BCUT2D eigenvalue weighted by atomic mass is 9.88. The van der Waals surface area contributed by atoms with Crippen LogP contribution in [0.4, 0.5) is 4.39 Å². The van der Waals surface area contributed by atoms with E-state index in [1.807, 2.05) is 6.08 Å². The molecule has 16 heavy (non-hydrogen) atoms. The lowest BCUT2D eigenvalue weighted by Crippen LogP contribution is -2.10. The molecule has 1 aliphatic rings. The molecule has 84 valence electrons. The van der Waals surface area contributed by atoms with Gasteiger partial charge in [0.1, 0.15) is 5.82 Å². The Kier molecular flexibility index (Phi) is 3.13. The third kappa shape index (κ3) is 2.35. The van der Waals surface area contributed by atoms with E-state index in [9.17, 15) is 9.18 Å². The van der Waals surface area contributed by atoms with Crippen molar-refractivity contribution in [2.45, 2.75) is 26.2 Å². The molecule has 0 saturated heterocycles. The smallest absolute Gasteiger partial charge is 0.190 e. The normalized spacial score (nSPS) is 20.4. The summed E-state index contributed by atoms with van der Waals surface area (Å²) in [7, 11) is 0. The van der Waals surface area contributed by atoms with Gasteiger partial charge in [-0.2, -0.15) is 0 Å². The Morgan fingerprint density at radius 2 is 2.31 bits per heavy atom. The van der Waals surface area contributed by atoms with Gasteiger partial charge >= 0.3 is 0 Å². The minimum absolute atomic E-state index is 0.0844. The highest BCUT2D eigenvalue weighted by molar-refractivity contribution is 6.08. The zero-order valence-electron chi connectivity index (χ0n) is 9.24. The average molecular weight is 219 g/mol. The Labute approximate surface area is 94.2 Å². The maximum absolute atomic E-state index is 12.9. The van der Waals surface area contributed by atoms with Gasteiger partial charge in [-0.05, 0) is 36.8 Å². The van der Waals surface area contributed by atoms with Crippen LogP contribution in [-0.2, 0) is 0 Å². The molecule has 1 aliphatic carbocycles. The minimum atomic E-state index is -0.462.